The van der Waals surface area contributed by atoms with Gasteiger partial charge in [0.1, 0.15) is 0 Å². The highest BCUT2D eigenvalue weighted by molar-refractivity contribution is 14.0. The molecule has 0 radical (unpaired) electrons. The Balaban J connectivity index is 0.00000272. The molecule has 1 fully saturated rings. The Morgan fingerprint density at radius 1 is 1.16 bits per heavy atom. The van der Waals surface area contributed by atoms with Crippen LogP contribution in [0.25, 0.3) is 0 Å². The maximum absolute atomic E-state index is 4.82. The summed E-state index contributed by atoms with van der Waals surface area (Å²) in [6.45, 7) is 6.68. The van der Waals surface area contributed by atoms with Crippen molar-refractivity contribution in [3.05, 3.63) is 71.6 Å². The minimum atomic E-state index is 0. The number of hydrogen-bond donors (Lipinski definition) is 2. The number of aliphatic imine (C=N–C) groups is 1. The predicted octanol–water partition coefficient (Wildman–Crippen LogP) is 4.34. The topological polar surface area (TPSA) is 57.5 Å². The van der Waals surface area contributed by atoms with Crippen molar-refractivity contribution in [3.63, 3.8) is 0 Å². The van der Waals surface area contributed by atoms with Crippen molar-refractivity contribution in [2.75, 3.05) is 24.5 Å². The number of rotatable bonds is 7. The van der Waals surface area contributed by atoms with E-state index in [2.05, 4.69) is 73.8 Å². The average molecular weight is 551 g/mol. The number of hydrogen-bond acceptors (Lipinski definition) is 4. The molecule has 0 atom stereocenters. The van der Waals surface area contributed by atoms with E-state index in [1.807, 2.05) is 30.1 Å². The van der Waals surface area contributed by atoms with Gasteiger partial charge in [-0.15, -0.1) is 35.3 Å². The zero-order valence-corrected chi connectivity index (χ0v) is 21.1. The number of piperidine rings is 1. The molecule has 0 unspecified atom stereocenters. The van der Waals surface area contributed by atoms with E-state index < -0.39 is 0 Å². The molecule has 0 spiro atoms. The van der Waals surface area contributed by atoms with Crippen LogP contribution in [0.2, 0.25) is 0 Å². The van der Waals surface area contributed by atoms with E-state index in [4.69, 9.17) is 4.99 Å². The lowest BCUT2D eigenvalue weighted by Gasteiger charge is -2.33. The number of nitrogens with zero attached hydrogens (tertiary/aromatic N) is 4. The highest BCUT2D eigenvalue weighted by atomic mass is 127. The molecule has 166 valence electrons. The fourth-order valence-electron chi connectivity index (χ4n) is 3.72. The monoisotopic (exact) mass is 550 g/mol. The second kappa shape index (κ2) is 12.1. The SMILES string of the molecule is CCNC(=NCc1ccc(Cn2ccnc2)cc1)NC1CCN(c2cccs2)CC1.I. The molecule has 0 aliphatic carbocycles. The lowest BCUT2D eigenvalue weighted by molar-refractivity contribution is 0.463. The Bertz CT molecular complexity index is 900. The van der Waals surface area contributed by atoms with Gasteiger partial charge in [-0.25, -0.2) is 9.98 Å². The number of anilines is 1. The highest BCUT2D eigenvalue weighted by Crippen LogP contribution is 2.24. The zero-order valence-electron chi connectivity index (χ0n) is 17.9. The third-order valence-corrected chi connectivity index (χ3v) is 6.29. The van der Waals surface area contributed by atoms with Gasteiger partial charge in [0, 0.05) is 44.6 Å². The molecular formula is C23H31IN6S. The van der Waals surface area contributed by atoms with Crippen molar-refractivity contribution < 1.29 is 0 Å². The summed E-state index contributed by atoms with van der Waals surface area (Å²) >= 11 is 1.83. The maximum Gasteiger partial charge on any atom is 0.191 e. The molecule has 4 rings (SSSR count). The first-order valence-electron chi connectivity index (χ1n) is 10.7. The van der Waals surface area contributed by atoms with Crippen LogP contribution in [0, 0.1) is 0 Å². The van der Waals surface area contributed by atoms with E-state index in [0.29, 0.717) is 12.6 Å². The normalized spacial score (nSPS) is 14.9. The van der Waals surface area contributed by atoms with Crippen LogP contribution < -0.4 is 15.5 Å². The fraction of sp³-hybridized carbons (Fsp3) is 0.391. The molecule has 0 bridgehead atoms. The molecule has 1 aromatic carbocycles. The van der Waals surface area contributed by atoms with E-state index in [-0.39, 0.29) is 24.0 Å². The lowest BCUT2D eigenvalue weighted by atomic mass is 10.1. The first-order chi connectivity index (χ1) is 14.8. The van der Waals surface area contributed by atoms with Crippen LogP contribution in [0.15, 0.2) is 65.5 Å². The molecule has 2 aromatic heterocycles. The van der Waals surface area contributed by atoms with E-state index in [9.17, 15) is 0 Å². The maximum atomic E-state index is 4.82. The molecule has 1 saturated heterocycles. The molecular weight excluding hydrogens is 519 g/mol. The molecule has 0 amide bonds. The molecule has 0 saturated carbocycles. The molecule has 8 heteroatoms. The Morgan fingerprint density at radius 3 is 2.58 bits per heavy atom. The number of thiophene rings is 1. The second-order valence-corrected chi connectivity index (χ2v) is 8.53. The molecule has 2 N–H and O–H groups in total. The van der Waals surface area contributed by atoms with E-state index in [1.165, 1.54) is 16.1 Å². The first kappa shape index (κ1) is 23.6. The van der Waals surface area contributed by atoms with Crippen molar-refractivity contribution in [1.82, 2.24) is 20.2 Å². The minimum Gasteiger partial charge on any atom is -0.363 e. The molecule has 6 nitrogen and oxygen atoms in total. The Labute approximate surface area is 205 Å². The largest absolute Gasteiger partial charge is 0.363 e. The Kier molecular flexibility index (Phi) is 9.20. The van der Waals surface area contributed by atoms with Crippen molar-refractivity contribution in [2.45, 2.75) is 38.9 Å². The smallest absolute Gasteiger partial charge is 0.191 e. The van der Waals surface area contributed by atoms with Crippen LogP contribution in [0.3, 0.4) is 0 Å². The van der Waals surface area contributed by atoms with Gasteiger partial charge in [-0.1, -0.05) is 24.3 Å². The molecule has 3 heterocycles. The molecule has 1 aliphatic heterocycles. The van der Waals surface area contributed by atoms with Crippen LogP contribution in [0.5, 0.6) is 0 Å². The van der Waals surface area contributed by atoms with Crippen molar-refractivity contribution in [2.24, 2.45) is 4.99 Å². The van der Waals surface area contributed by atoms with Crippen LogP contribution in [0.4, 0.5) is 5.00 Å². The number of guanidine groups is 1. The van der Waals surface area contributed by atoms with Crippen molar-refractivity contribution in [1.29, 1.82) is 0 Å². The third-order valence-electron chi connectivity index (χ3n) is 5.36. The van der Waals surface area contributed by atoms with Gasteiger partial charge in [-0.2, -0.15) is 0 Å². The van der Waals surface area contributed by atoms with Gasteiger partial charge in [0.25, 0.3) is 0 Å². The predicted molar refractivity (Wildman–Crippen MR) is 141 cm³/mol. The van der Waals surface area contributed by atoms with Crippen molar-refractivity contribution >= 4 is 46.3 Å². The summed E-state index contributed by atoms with van der Waals surface area (Å²) in [7, 11) is 0. The Morgan fingerprint density at radius 2 is 1.94 bits per heavy atom. The first-order valence-corrected chi connectivity index (χ1v) is 11.5. The molecule has 31 heavy (non-hydrogen) atoms. The van der Waals surface area contributed by atoms with Crippen LogP contribution >= 0.6 is 35.3 Å². The lowest BCUT2D eigenvalue weighted by Crippen LogP contribution is -2.48. The number of halogens is 1. The quantitative estimate of drug-likeness (QED) is 0.261. The summed E-state index contributed by atoms with van der Waals surface area (Å²) in [4.78, 5) is 11.4. The minimum absolute atomic E-state index is 0. The van der Waals surface area contributed by atoms with E-state index in [0.717, 1.165) is 45.0 Å². The van der Waals surface area contributed by atoms with Crippen LogP contribution in [-0.2, 0) is 13.1 Å². The molecule has 1 aliphatic rings. The second-order valence-electron chi connectivity index (χ2n) is 7.60. The summed E-state index contributed by atoms with van der Waals surface area (Å²) in [6, 6.07) is 13.5. The summed E-state index contributed by atoms with van der Waals surface area (Å²) in [6.07, 6.45) is 7.90. The van der Waals surface area contributed by atoms with Crippen molar-refractivity contribution in [3.8, 4) is 0 Å². The standard InChI is InChI=1S/C23H30N6S.HI/c1-2-25-23(27-21-9-12-29(13-10-21)22-4-3-15-30-22)26-16-19-5-7-20(8-6-19)17-28-14-11-24-18-28;/h3-8,11,14-15,18,21H,2,9-10,12-13,16-17H2,1H3,(H2,25,26,27);1H. The van der Waals surface area contributed by atoms with Gasteiger partial charge in [-0.3, -0.25) is 0 Å². The van der Waals surface area contributed by atoms with Gasteiger partial charge in [0.2, 0.25) is 0 Å². The molecule has 3 aromatic rings. The van der Waals surface area contributed by atoms with E-state index >= 15 is 0 Å². The Hall–Kier alpha value is -2.07. The summed E-state index contributed by atoms with van der Waals surface area (Å²) in [5.74, 6) is 0.912. The van der Waals surface area contributed by atoms with Gasteiger partial charge in [0.05, 0.1) is 17.9 Å². The average Bonchev–Trinajstić information content (AvgIpc) is 3.48. The van der Waals surface area contributed by atoms with Crippen LogP contribution in [0.1, 0.15) is 30.9 Å². The number of imidazole rings is 1. The van der Waals surface area contributed by atoms with Gasteiger partial charge in [-0.05, 0) is 48.4 Å². The highest BCUT2D eigenvalue weighted by Gasteiger charge is 2.20. The van der Waals surface area contributed by atoms with Gasteiger partial charge < -0.3 is 20.1 Å². The summed E-state index contributed by atoms with van der Waals surface area (Å²) in [5.41, 5.74) is 2.48. The summed E-state index contributed by atoms with van der Waals surface area (Å²) < 4.78 is 2.07. The van der Waals surface area contributed by atoms with Crippen LogP contribution in [-0.4, -0.2) is 41.2 Å². The number of aromatic nitrogens is 2. The number of nitrogens with one attached hydrogen (secondary N) is 2. The van der Waals surface area contributed by atoms with Gasteiger partial charge >= 0.3 is 0 Å². The van der Waals surface area contributed by atoms with Gasteiger partial charge in [0.15, 0.2) is 5.96 Å². The summed E-state index contributed by atoms with van der Waals surface area (Å²) in [5, 5.41) is 10.6. The fourth-order valence-corrected chi connectivity index (χ4v) is 4.50. The van der Waals surface area contributed by atoms with E-state index in [1.54, 1.807) is 0 Å². The number of benzene rings is 1. The third kappa shape index (κ3) is 6.96. The zero-order chi connectivity index (χ0) is 20.6.